The van der Waals surface area contributed by atoms with Gasteiger partial charge in [0.2, 0.25) is 5.91 Å². The highest BCUT2D eigenvalue weighted by molar-refractivity contribution is 5.85. The molecule has 2 heterocycles. The molecule has 1 amide bonds. The molecule has 2 aromatic carbocycles. The van der Waals surface area contributed by atoms with Crippen molar-refractivity contribution in [3.63, 3.8) is 0 Å². The van der Waals surface area contributed by atoms with Gasteiger partial charge < -0.3 is 14.2 Å². The second kappa shape index (κ2) is 11.2. The summed E-state index contributed by atoms with van der Waals surface area (Å²) in [5.41, 5.74) is 4.53. The molecule has 0 spiro atoms. The maximum absolute atomic E-state index is 14.6. The van der Waals surface area contributed by atoms with Gasteiger partial charge >= 0.3 is 5.97 Å². The Labute approximate surface area is 212 Å². The first-order valence-electron chi connectivity index (χ1n) is 13.0. The fourth-order valence-electron chi connectivity index (χ4n) is 5.13. The smallest absolute Gasteiger partial charge is 0.309 e. The molecule has 1 aliphatic heterocycles. The van der Waals surface area contributed by atoms with Gasteiger partial charge in [-0.1, -0.05) is 31.5 Å². The van der Waals surface area contributed by atoms with E-state index in [0.717, 1.165) is 28.6 Å². The number of aryl methyl sites for hydroxylation is 2. The van der Waals surface area contributed by atoms with Crippen LogP contribution in [0.4, 0.5) is 4.39 Å². The number of likely N-dealkylation sites (tertiary alicyclic amines) is 1. The molecule has 0 N–H and O–H groups in total. The molecule has 1 fully saturated rings. The third-order valence-electron chi connectivity index (χ3n) is 7.27. The molecule has 1 saturated heterocycles. The Bertz CT molecular complexity index is 1240. The number of imidazole rings is 1. The zero-order valence-electron chi connectivity index (χ0n) is 21.7. The van der Waals surface area contributed by atoms with Crippen LogP contribution in [0.1, 0.15) is 68.1 Å². The maximum Gasteiger partial charge on any atom is 0.309 e. The van der Waals surface area contributed by atoms with E-state index in [0.29, 0.717) is 56.8 Å². The molecule has 0 unspecified atom stereocenters. The van der Waals surface area contributed by atoms with Gasteiger partial charge in [0, 0.05) is 19.5 Å². The number of nitrogens with zero attached hydrogens (tertiary/aromatic N) is 3. The first kappa shape index (κ1) is 25.9. The van der Waals surface area contributed by atoms with Crippen molar-refractivity contribution in [2.24, 2.45) is 5.92 Å². The second-order valence-electron chi connectivity index (χ2n) is 9.75. The van der Waals surface area contributed by atoms with Crippen LogP contribution in [0, 0.1) is 25.6 Å². The number of carbonyl (C=O) groups excluding carboxylic acids is 2. The molecule has 3 aromatic rings. The summed E-state index contributed by atoms with van der Waals surface area (Å²) in [5.74, 6) is 0.117. The number of hydrogen-bond acceptors (Lipinski definition) is 4. The van der Waals surface area contributed by atoms with E-state index >= 15 is 0 Å². The Morgan fingerprint density at radius 1 is 1.11 bits per heavy atom. The molecule has 7 heteroatoms. The lowest BCUT2D eigenvalue weighted by Gasteiger charge is -2.34. The van der Waals surface area contributed by atoms with Crippen molar-refractivity contribution in [3.05, 3.63) is 64.7 Å². The minimum absolute atomic E-state index is 0.0338. The van der Waals surface area contributed by atoms with Gasteiger partial charge in [-0.3, -0.25) is 9.59 Å². The van der Waals surface area contributed by atoms with E-state index in [9.17, 15) is 14.0 Å². The molecule has 6 nitrogen and oxygen atoms in total. The number of rotatable bonds is 8. The predicted molar refractivity (Wildman–Crippen MR) is 138 cm³/mol. The lowest BCUT2D eigenvalue weighted by molar-refractivity contribution is -0.151. The Morgan fingerprint density at radius 3 is 2.47 bits per heavy atom. The molecule has 1 atom stereocenters. The molecule has 36 heavy (non-hydrogen) atoms. The molecule has 192 valence electrons. The molecule has 0 radical (unpaired) electrons. The van der Waals surface area contributed by atoms with E-state index in [4.69, 9.17) is 9.72 Å². The quantitative estimate of drug-likeness (QED) is 0.387. The van der Waals surface area contributed by atoms with Crippen LogP contribution >= 0.6 is 0 Å². The van der Waals surface area contributed by atoms with Gasteiger partial charge in [0.05, 0.1) is 23.6 Å². The van der Waals surface area contributed by atoms with Gasteiger partial charge in [-0.05, 0) is 74.9 Å². The normalized spacial score (nSPS) is 15.3. The number of halogens is 1. The summed E-state index contributed by atoms with van der Waals surface area (Å²) < 4.78 is 21.8. The summed E-state index contributed by atoms with van der Waals surface area (Å²) in [7, 11) is 0. The van der Waals surface area contributed by atoms with Crippen molar-refractivity contribution >= 4 is 22.9 Å². The molecule has 0 bridgehead atoms. The topological polar surface area (TPSA) is 64.4 Å². The van der Waals surface area contributed by atoms with Gasteiger partial charge in [0.25, 0.3) is 0 Å². The number of carbonyl (C=O) groups is 2. The van der Waals surface area contributed by atoms with Gasteiger partial charge in [0.15, 0.2) is 0 Å². The van der Waals surface area contributed by atoms with E-state index in [1.807, 2.05) is 35.4 Å². The van der Waals surface area contributed by atoms with Crippen molar-refractivity contribution in [2.75, 3.05) is 19.7 Å². The lowest BCUT2D eigenvalue weighted by atomic mass is 9.96. The largest absolute Gasteiger partial charge is 0.466 e. The number of piperidine rings is 1. The average Bonchev–Trinajstić information content (AvgIpc) is 3.20. The Kier molecular flexibility index (Phi) is 8.07. The number of amides is 1. The number of fused-ring (bicyclic) bond motifs is 1. The Balaban J connectivity index is 1.70. The first-order chi connectivity index (χ1) is 17.3. The SMILES string of the molecule is CCC[C@H](C(=O)N1CCC(C(=O)OCC)CC1)n1c(Cc2ccccc2F)nc2cc(C)c(C)cc21. The standard InChI is InChI=1S/C29H36FN3O3/c1-5-9-25(28(34)32-14-12-21(13-15-32)29(35)36-6-2)33-26-17-20(4)19(3)16-24(26)31-27(33)18-22-10-7-8-11-23(22)30/h7-8,10-11,16-17,21,25H,5-6,9,12-15,18H2,1-4H3/t25-/m1/s1. The van der Waals surface area contributed by atoms with Crippen LogP contribution in [0.2, 0.25) is 0 Å². The fourth-order valence-corrected chi connectivity index (χ4v) is 5.13. The highest BCUT2D eigenvalue weighted by Gasteiger charge is 2.33. The highest BCUT2D eigenvalue weighted by Crippen LogP contribution is 2.31. The van der Waals surface area contributed by atoms with E-state index in [1.165, 1.54) is 6.07 Å². The van der Waals surface area contributed by atoms with Crippen molar-refractivity contribution in [1.82, 2.24) is 14.5 Å². The average molecular weight is 494 g/mol. The summed E-state index contributed by atoms with van der Waals surface area (Å²) in [6, 6.07) is 10.4. The van der Waals surface area contributed by atoms with Crippen molar-refractivity contribution in [3.8, 4) is 0 Å². The monoisotopic (exact) mass is 493 g/mol. The third kappa shape index (κ3) is 5.30. The van der Waals surface area contributed by atoms with E-state index in [2.05, 4.69) is 19.9 Å². The summed E-state index contributed by atoms with van der Waals surface area (Å²) in [6.07, 6.45) is 2.99. The Morgan fingerprint density at radius 2 is 1.81 bits per heavy atom. The van der Waals surface area contributed by atoms with Crippen LogP contribution < -0.4 is 0 Å². The number of ether oxygens (including phenoxy) is 1. The summed E-state index contributed by atoms with van der Waals surface area (Å²) in [5, 5.41) is 0. The highest BCUT2D eigenvalue weighted by atomic mass is 19.1. The number of hydrogen-bond donors (Lipinski definition) is 0. The zero-order valence-corrected chi connectivity index (χ0v) is 21.7. The van der Waals surface area contributed by atoms with Crippen LogP contribution in [-0.4, -0.2) is 46.0 Å². The third-order valence-corrected chi connectivity index (χ3v) is 7.27. The minimum atomic E-state index is -0.442. The molecule has 4 rings (SSSR count). The van der Waals surface area contributed by atoms with Gasteiger partial charge in [-0.2, -0.15) is 0 Å². The van der Waals surface area contributed by atoms with Gasteiger partial charge in [0.1, 0.15) is 17.7 Å². The molecule has 0 saturated carbocycles. The van der Waals surface area contributed by atoms with Crippen LogP contribution in [0.25, 0.3) is 11.0 Å². The van der Waals surface area contributed by atoms with Gasteiger partial charge in [-0.25, -0.2) is 9.37 Å². The van der Waals surface area contributed by atoms with E-state index < -0.39 is 6.04 Å². The Hall–Kier alpha value is -3.22. The predicted octanol–water partition coefficient (Wildman–Crippen LogP) is 5.53. The van der Waals surface area contributed by atoms with Crippen LogP contribution in [0.15, 0.2) is 36.4 Å². The van der Waals surface area contributed by atoms with Gasteiger partial charge in [-0.15, -0.1) is 0 Å². The molecule has 0 aliphatic carbocycles. The van der Waals surface area contributed by atoms with Crippen LogP contribution in [0.3, 0.4) is 0 Å². The number of esters is 1. The van der Waals surface area contributed by atoms with E-state index in [1.54, 1.807) is 12.1 Å². The lowest BCUT2D eigenvalue weighted by Crippen LogP contribution is -2.44. The number of benzene rings is 2. The van der Waals surface area contributed by atoms with Crippen molar-refractivity contribution in [1.29, 1.82) is 0 Å². The maximum atomic E-state index is 14.6. The van der Waals surface area contributed by atoms with E-state index in [-0.39, 0.29) is 23.6 Å². The second-order valence-corrected chi connectivity index (χ2v) is 9.75. The molecular formula is C29H36FN3O3. The molecule has 1 aliphatic rings. The minimum Gasteiger partial charge on any atom is -0.466 e. The van der Waals surface area contributed by atoms with Crippen molar-refractivity contribution < 1.29 is 18.7 Å². The summed E-state index contributed by atoms with van der Waals surface area (Å²) in [4.78, 5) is 32.9. The fraction of sp³-hybridized carbons (Fsp3) is 0.483. The first-order valence-corrected chi connectivity index (χ1v) is 13.0. The summed E-state index contributed by atoms with van der Waals surface area (Å²) in [6.45, 7) is 9.40. The van der Waals surface area contributed by atoms with Crippen LogP contribution in [-0.2, 0) is 20.7 Å². The van der Waals surface area contributed by atoms with Crippen LogP contribution in [0.5, 0.6) is 0 Å². The summed E-state index contributed by atoms with van der Waals surface area (Å²) >= 11 is 0. The molecular weight excluding hydrogens is 457 g/mol. The van der Waals surface area contributed by atoms with Crippen molar-refractivity contribution in [2.45, 2.75) is 65.8 Å². The number of aromatic nitrogens is 2. The zero-order chi connectivity index (χ0) is 25.8. The molecule has 1 aromatic heterocycles.